The first-order chi connectivity index (χ1) is 8.78. The molecule has 0 radical (unpaired) electrons. The lowest BCUT2D eigenvalue weighted by Crippen LogP contribution is -2.02. The molecule has 0 atom stereocenters. The van der Waals surface area contributed by atoms with Gasteiger partial charge in [0.25, 0.3) is 0 Å². The molecule has 0 aliphatic rings. The molecule has 0 bridgehead atoms. The summed E-state index contributed by atoms with van der Waals surface area (Å²) in [6, 6.07) is 7.44. The zero-order valence-electron chi connectivity index (χ0n) is 9.66. The Morgan fingerprint density at radius 1 is 1.28 bits per heavy atom. The molecule has 0 fully saturated rings. The maximum Gasteiger partial charge on any atom is 0.212 e. The zero-order valence-corrected chi connectivity index (χ0v) is 9.66. The van der Waals surface area contributed by atoms with Crippen LogP contribution in [-0.2, 0) is 6.54 Å². The molecule has 6 heteroatoms. The summed E-state index contributed by atoms with van der Waals surface area (Å²) in [6.07, 6.45) is 3.13. The lowest BCUT2D eigenvalue weighted by molar-refractivity contribution is 0.397. The molecule has 0 amide bonds. The predicted octanol–water partition coefficient (Wildman–Crippen LogP) is 1.08. The number of hydrogen-bond donors (Lipinski definition) is 0. The molecule has 2 heterocycles. The van der Waals surface area contributed by atoms with E-state index in [1.165, 1.54) is 6.33 Å². The van der Waals surface area contributed by atoms with Gasteiger partial charge >= 0.3 is 0 Å². The number of rotatable bonds is 3. The van der Waals surface area contributed by atoms with Gasteiger partial charge in [-0.15, -0.1) is 0 Å². The van der Waals surface area contributed by atoms with Gasteiger partial charge in [0.2, 0.25) is 5.88 Å². The first kappa shape index (κ1) is 11.6. The van der Waals surface area contributed by atoms with E-state index in [4.69, 9.17) is 15.3 Å². The highest BCUT2D eigenvalue weighted by molar-refractivity contribution is 5.36. The molecule has 2 aromatic heterocycles. The maximum atomic E-state index is 8.98. The third kappa shape index (κ3) is 2.13. The summed E-state index contributed by atoms with van der Waals surface area (Å²) < 4.78 is 6.57. The van der Waals surface area contributed by atoms with Gasteiger partial charge < -0.3 is 9.30 Å². The minimum absolute atomic E-state index is 0.138. The van der Waals surface area contributed by atoms with Gasteiger partial charge in [-0.1, -0.05) is 6.07 Å². The van der Waals surface area contributed by atoms with Crippen LogP contribution >= 0.6 is 0 Å². The van der Waals surface area contributed by atoms with Crippen LogP contribution in [0.3, 0.4) is 0 Å². The first-order valence-electron chi connectivity index (χ1n) is 5.12. The van der Waals surface area contributed by atoms with Crippen LogP contribution in [0.1, 0.15) is 17.0 Å². The van der Waals surface area contributed by atoms with Crippen LogP contribution in [-0.4, -0.2) is 21.6 Å². The van der Waals surface area contributed by atoms with E-state index in [1.807, 2.05) is 18.2 Å². The van der Waals surface area contributed by atoms with Crippen LogP contribution in [0, 0.1) is 22.7 Å². The minimum atomic E-state index is 0.138. The van der Waals surface area contributed by atoms with Gasteiger partial charge in [0.1, 0.15) is 12.1 Å². The van der Waals surface area contributed by atoms with Gasteiger partial charge in [0.05, 0.1) is 20.0 Å². The average molecular weight is 239 g/mol. The Bertz CT molecular complexity index is 630. The van der Waals surface area contributed by atoms with Crippen molar-refractivity contribution in [2.24, 2.45) is 0 Å². The molecule has 0 aliphatic heterocycles. The number of aromatic nitrogens is 3. The summed E-state index contributed by atoms with van der Waals surface area (Å²) in [5.74, 6) is 0.530. The van der Waals surface area contributed by atoms with Gasteiger partial charge in [0.15, 0.2) is 11.4 Å². The van der Waals surface area contributed by atoms with E-state index < -0.39 is 0 Å². The zero-order chi connectivity index (χ0) is 13.0. The van der Waals surface area contributed by atoms with E-state index in [1.54, 1.807) is 23.9 Å². The Morgan fingerprint density at radius 2 is 2.11 bits per heavy atom. The van der Waals surface area contributed by atoms with Crippen molar-refractivity contribution < 1.29 is 4.74 Å². The third-order valence-corrected chi connectivity index (χ3v) is 2.41. The monoisotopic (exact) mass is 239 g/mol. The molecule has 88 valence electrons. The molecule has 6 nitrogen and oxygen atoms in total. The van der Waals surface area contributed by atoms with Crippen LogP contribution in [0.5, 0.6) is 5.88 Å². The van der Waals surface area contributed by atoms with Crippen molar-refractivity contribution in [3.63, 3.8) is 0 Å². The normalized spacial score (nSPS) is 9.50. The van der Waals surface area contributed by atoms with Crippen molar-refractivity contribution >= 4 is 0 Å². The van der Waals surface area contributed by atoms with Gasteiger partial charge in [-0.05, 0) is 5.56 Å². The molecular weight excluding hydrogens is 230 g/mol. The molecule has 0 aliphatic carbocycles. The smallest absolute Gasteiger partial charge is 0.212 e. The SMILES string of the molecule is COc1ccc(Cn2cnc(C#N)c2C#N)cn1. The lowest BCUT2D eigenvalue weighted by atomic mass is 10.2. The summed E-state index contributed by atoms with van der Waals surface area (Å²) in [5.41, 5.74) is 1.29. The Morgan fingerprint density at radius 3 is 2.67 bits per heavy atom. The number of nitrogens with zero attached hydrogens (tertiary/aromatic N) is 5. The fourth-order valence-corrected chi connectivity index (χ4v) is 1.52. The number of hydrogen-bond acceptors (Lipinski definition) is 5. The number of methoxy groups -OCH3 is 1. The van der Waals surface area contributed by atoms with Gasteiger partial charge in [-0.25, -0.2) is 9.97 Å². The Labute approximate surface area is 104 Å². The van der Waals surface area contributed by atoms with Gasteiger partial charge in [0, 0.05) is 12.3 Å². The maximum absolute atomic E-state index is 8.98. The quantitative estimate of drug-likeness (QED) is 0.799. The van der Waals surface area contributed by atoms with E-state index in [0.29, 0.717) is 12.4 Å². The third-order valence-electron chi connectivity index (χ3n) is 2.41. The molecule has 0 N–H and O–H groups in total. The van der Waals surface area contributed by atoms with Crippen molar-refractivity contribution in [2.75, 3.05) is 7.11 Å². The summed E-state index contributed by atoms with van der Waals surface area (Å²) in [6.45, 7) is 0.439. The van der Waals surface area contributed by atoms with E-state index in [0.717, 1.165) is 5.56 Å². The van der Waals surface area contributed by atoms with Gasteiger partial charge in [-0.3, -0.25) is 0 Å². The predicted molar refractivity (Wildman–Crippen MR) is 61.5 cm³/mol. The molecular formula is C12H9N5O. The average Bonchev–Trinajstić information content (AvgIpc) is 2.81. The molecule has 0 saturated heterocycles. The van der Waals surface area contributed by atoms with Crippen molar-refractivity contribution in [1.29, 1.82) is 10.5 Å². The fourth-order valence-electron chi connectivity index (χ4n) is 1.52. The number of ether oxygens (including phenoxy) is 1. The second-order valence-corrected chi connectivity index (χ2v) is 3.50. The number of pyridine rings is 1. The molecule has 2 rings (SSSR count). The molecule has 2 aromatic rings. The standard InChI is InChI=1S/C12H9N5O/c1-18-12-3-2-9(6-15-12)7-17-8-16-10(4-13)11(17)5-14/h2-3,6,8H,7H2,1H3. The Kier molecular flexibility index (Phi) is 3.22. The Hall–Kier alpha value is -2.86. The van der Waals surface area contributed by atoms with Crippen molar-refractivity contribution in [2.45, 2.75) is 6.54 Å². The van der Waals surface area contributed by atoms with Crippen molar-refractivity contribution in [3.8, 4) is 18.0 Å². The minimum Gasteiger partial charge on any atom is -0.481 e. The second-order valence-electron chi connectivity index (χ2n) is 3.50. The molecule has 0 spiro atoms. The topological polar surface area (TPSA) is 87.5 Å². The van der Waals surface area contributed by atoms with E-state index in [9.17, 15) is 0 Å². The van der Waals surface area contributed by atoms with Crippen LogP contribution in [0.2, 0.25) is 0 Å². The van der Waals surface area contributed by atoms with Crippen molar-refractivity contribution in [1.82, 2.24) is 14.5 Å². The molecule has 0 aromatic carbocycles. The lowest BCUT2D eigenvalue weighted by Gasteiger charge is -2.04. The first-order valence-corrected chi connectivity index (χ1v) is 5.12. The largest absolute Gasteiger partial charge is 0.481 e. The fraction of sp³-hybridized carbons (Fsp3) is 0.167. The van der Waals surface area contributed by atoms with E-state index >= 15 is 0 Å². The Balaban J connectivity index is 2.26. The molecule has 0 unspecified atom stereocenters. The molecule has 0 saturated carbocycles. The van der Waals surface area contributed by atoms with Crippen LogP contribution in [0.25, 0.3) is 0 Å². The van der Waals surface area contributed by atoms with E-state index in [2.05, 4.69) is 9.97 Å². The summed E-state index contributed by atoms with van der Waals surface area (Å²) in [7, 11) is 1.55. The van der Waals surface area contributed by atoms with Crippen molar-refractivity contribution in [3.05, 3.63) is 41.6 Å². The highest BCUT2D eigenvalue weighted by Gasteiger charge is 2.10. The highest BCUT2D eigenvalue weighted by atomic mass is 16.5. The number of imidazole rings is 1. The summed E-state index contributed by atoms with van der Waals surface area (Å²) in [5, 5.41) is 17.8. The highest BCUT2D eigenvalue weighted by Crippen LogP contribution is 2.11. The summed E-state index contributed by atoms with van der Waals surface area (Å²) >= 11 is 0. The number of nitriles is 2. The van der Waals surface area contributed by atoms with Crippen LogP contribution < -0.4 is 4.74 Å². The van der Waals surface area contributed by atoms with Crippen LogP contribution in [0.4, 0.5) is 0 Å². The van der Waals surface area contributed by atoms with Gasteiger partial charge in [-0.2, -0.15) is 10.5 Å². The second kappa shape index (κ2) is 4.98. The van der Waals surface area contributed by atoms with E-state index in [-0.39, 0.29) is 11.4 Å². The summed E-state index contributed by atoms with van der Waals surface area (Å²) in [4.78, 5) is 7.94. The molecule has 18 heavy (non-hydrogen) atoms. The van der Waals surface area contributed by atoms with Crippen LogP contribution in [0.15, 0.2) is 24.7 Å².